The molecule has 6 nitrogen and oxygen atoms in total. The van der Waals surface area contributed by atoms with Crippen LogP contribution in [0, 0.1) is 18.2 Å². The van der Waals surface area contributed by atoms with E-state index in [9.17, 15) is 5.11 Å². The molecule has 2 aliphatic heterocycles. The maximum Gasteiger partial charge on any atom is 0.226 e. The van der Waals surface area contributed by atoms with Crippen molar-refractivity contribution in [3.8, 4) is 29.4 Å². The van der Waals surface area contributed by atoms with E-state index in [-0.39, 0.29) is 17.0 Å². The summed E-state index contributed by atoms with van der Waals surface area (Å²) in [7, 11) is 0. The number of nitrogens with zero attached hydrogens (tertiary/aromatic N) is 4. The summed E-state index contributed by atoms with van der Waals surface area (Å²) >= 11 is 0. The van der Waals surface area contributed by atoms with Crippen LogP contribution in [0.4, 0.5) is 10.3 Å². The number of piperazine rings is 1. The number of terminal acetylenes is 1. The number of pyridine rings is 1. The number of anilines is 1. The minimum absolute atomic E-state index is 0.0163. The molecule has 158 valence electrons. The first-order valence-electron chi connectivity index (χ1n) is 10.7. The van der Waals surface area contributed by atoms with Crippen LogP contribution in [-0.4, -0.2) is 45.2 Å². The van der Waals surface area contributed by atoms with Gasteiger partial charge in [-0.3, -0.25) is 4.98 Å². The number of fused-ring (bicyclic) bond motifs is 4. The molecule has 0 aliphatic carbocycles. The minimum Gasteiger partial charge on any atom is -0.508 e. The molecule has 2 saturated heterocycles. The first kappa shape index (κ1) is 19.0. The van der Waals surface area contributed by atoms with Gasteiger partial charge in [-0.05, 0) is 36.4 Å². The van der Waals surface area contributed by atoms with Crippen LogP contribution in [0.5, 0.6) is 5.75 Å². The van der Waals surface area contributed by atoms with E-state index in [0.717, 1.165) is 31.3 Å². The van der Waals surface area contributed by atoms with Crippen LogP contribution in [0.25, 0.3) is 32.9 Å². The predicted molar refractivity (Wildman–Crippen MR) is 122 cm³/mol. The summed E-state index contributed by atoms with van der Waals surface area (Å²) in [6.45, 7) is 1.62. The van der Waals surface area contributed by atoms with Crippen molar-refractivity contribution in [1.82, 2.24) is 20.3 Å². The molecule has 2 bridgehead atoms. The third kappa shape index (κ3) is 2.95. The molecule has 0 spiro atoms. The van der Waals surface area contributed by atoms with Gasteiger partial charge in [0.2, 0.25) is 5.95 Å². The Morgan fingerprint density at radius 2 is 1.88 bits per heavy atom. The van der Waals surface area contributed by atoms with Crippen molar-refractivity contribution < 1.29 is 9.50 Å². The molecule has 2 aliphatic rings. The third-order valence-corrected chi connectivity index (χ3v) is 6.42. The van der Waals surface area contributed by atoms with Crippen molar-refractivity contribution >= 4 is 27.6 Å². The van der Waals surface area contributed by atoms with Gasteiger partial charge in [0.05, 0.1) is 0 Å². The molecule has 7 heteroatoms. The Morgan fingerprint density at radius 3 is 2.66 bits per heavy atom. The molecule has 0 amide bonds. The summed E-state index contributed by atoms with van der Waals surface area (Å²) in [5.41, 5.74) is 1.36. The molecule has 32 heavy (non-hydrogen) atoms. The maximum absolute atomic E-state index is 15.8. The quantitative estimate of drug-likeness (QED) is 0.478. The van der Waals surface area contributed by atoms with Crippen LogP contribution < -0.4 is 10.2 Å². The number of hydrogen-bond donors (Lipinski definition) is 2. The number of hydrogen-bond acceptors (Lipinski definition) is 6. The smallest absolute Gasteiger partial charge is 0.226 e. The topological polar surface area (TPSA) is 74.2 Å². The van der Waals surface area contributed by atoms with Crippen LogP contribution >= 0.6 is 0 Å². The molecule has 2 fully saturated rings. The normalized spacial score (nSPS) is 20.1. The average molecular weight is 425 g/mol. The third-order valence-electron chi connectivity index (χ3n) is 6.42. The van der Waals surface area contributed by atoms with Gasteiger partial charge in [-0.2, -0.15) is 0 Å². The molecule has 2 aromatic carbocycles. The fraction of sp³-hybridized carbons (Fsp3) is 0.240. The van der Waals surface area contributed by atoms with Gasteiger partial charge in [0, 0.05) is 59.5 Å². The van der Waals surface area contributed by atoms with Crippen LogP contribution in [0.3, 0.4) is 0 Å². The van der Waals surface area contributed by atoms with Gasteiger partial charge in [0.1, 0.15) is 17.0 Å². The lowest BCUT2D eigenvalue weighted by Gasteiger charge is -2.32. The number of benzene rings is 2. The number of nitrogens with one attached hydrogen (secondary N) is 1. The number of aromatic nitrogens is 3. The lowest BCUT2D eigenvalue weighted by molar-refractivity contribution is 0.461. The van der Waals surface area contributed by atoms with Gasteiger partial charge in [0.25, 0.3) is 0 Å². The molecule has 0 saturated carbocycles. The molecular weight excluding hydrogens is 405 g/mol. The standard InChI is InChI=1S/C25H20FN5O/c1-2-14-4-3-5-15-8-19(32)9-20(21(14)15)24-22(26)23-16(10-27-24)11-28-25(30-23)31-12-17-6-7-18(13-31)29-17/h1,3-5,8-11,17-18,29,32H,6-7,12-13H2. The molecule has 0 radical (unpaired) electrons. The van der Waals surface area contributed by atoms with E-state index >= 15 is 4.39 Å². The zero-order valence-corrected chi connectivity index (χ0v) is 17.2. The Hall–Kier alpha value is -3.76. The van der Waals surface area contributed by atoms with E-state index in [0.29, 0.717) is 39.9 Å². The first-order chi connectivity index (χ1) is 15.6. The highest BCUT2D eigenvalue weighted by Gasteiger charge is 2.33. The second kappa shape index (κ2) is 7.14. The number of phenolic OH excluding ortho intramolecular Hbond substituents is 1. The Balaban J connectivity index is 1.53. The molecule has 4 heterocycles. The Kier molecular flexibility index (Phi) is 4.23. The molecule has 6 rings (SSSR count). The van der Waals surface area contributed by atoms with Gasteiger partial charge in [0.15, 0.2) is 5.82 Å². The lowest BCUT2D eigenvalue weighted by Crippen LogP contribution is -2.51. The van der Waals surface area contributed by atoms with E-state index in [4.69, 9.17) is 6.42 Å². The molecule has 2 aromatic heterocycles. The molecule has 2 atom stereocenters. The number of phenols is 1. The molecular formula is C25H20FN5O. The SMILES string of the molecule is C#Cc1cccc2cc(O)cc(-c3ncc4cnc(N5CC6CCC(C5)N6)nc4c3F)c12. The lowest BCUT2D eigenvalue weighted by atomic mass is 9.96. The largest absolute Gasteiger partial charge is 0.508 e. The fourth-order valence-electron chi connectivity index (χ4n) is 4.97. The van der Waals surface area contributed by atoms with Crippen molar-refractivity contribution in [3.05, 3.63) is 54.1 Å². The molecule has 4 aromatic rings. The van der Waals surface area contributed by atoms with E-state index in [1.807, 2.05) is 12.1 Å². The summed E-state index contributed by atoms with van der Waals surface area (Å²) < 4.78 is 15.8. The first-order valence-corrected chi connectivity index (χ1v) is 10.7. The van der Waals surface area contributed by atoms with Crippen molar-refractivity contribution in [2.24, 2.45) is 0 Å². The summed E-state index contributed by atoms with van der Waals surface area (Å²) in [6.07, 6.45) is 11.2. The highest BCUT2D eigenvalue weighted by atomic mass is 19.1. The number of aromatic hydroxyl groups is 1. The maximum atomic E-state index is 15.8. The van der Waals surface area contributed by atoms with Gasteiger partial charge in [-0.25, -0.2) is 14.4 Å². The highest BCUT2D eigenvalue weighted by molar-refractivity contribution is 6.02. The summed E-state index contributed by atoms with van der Waals surface area (Å²) in [6, 6.07) is 9.38. The van der Waals surface area contributed by atoms with Crippen molar-refractivity contribution in [3.63, 3.8) is 0 Å². The van der Waals surface area contributed by atoms with Gasteiger partial charge in [-0.1, -0.05) is 18.1 Å². The van der Waals surface area contributed by atoms with Gasteiger partial charge in [-0.15, -0.1) is 6.42 Å². The molecule has 2 N–H and O–H groups in total. The second-order valence-electron chi connectivity index (χ2n) is 8.48. The predicted octanol–water partition coefficient (Wildman–Crippen LogP) is 3.61. The Bertz CT molecular complexity index is 1420. The second-order valence-corrected chi connectivity index (χ2v) is 8.48. The van der Waals surface area contributed by atoms with Gasteiger partial charge >= 0.3 is 0 Å². The Morgan fingerprint density at radius 1 is 1.09 bits per heavy atom. The minimum atomic E-state index is -0.553. The van der Waals surface area contributed by atoms with Crippen molar-refractivity contribution in [1.29, 1.82) is 0 Å². The highest BCUT2D eigenvalue weighted by Crippen LogP contribution is 2.36. The number of rotatable bonds is 2. The monoisotopic (exact) mass is 425 g/mol. The van der Waals surface area contributed by atoms with Crippen LogP contribution in [0.2, 0.25) is 0 Å². The van der Waals surface area contributed by atoms with Crippen LogP contribution in [0.1, 0.15) is 18.4 Å². The Labute approximate surface area is 184 Å². The van der Waals surface area contributed by atoms with Crippen molar-refractivity contribution in [2.75, 3.05) is 18.0 Å². The van der Waals surface area contributed by atoms with E-state index in [1.165, 1.54) is 6.07 Å². The fourth-order valence-corrected chi connectivity index (χ4v) is 4.97. The van der Waals surface area contributed by atoms with E-state index in [1.54, 1.807) is 24.5 Å². The van der Waals surface area contributed by atoms with Gasteiger partial charge < -0.3 is 15.3 Å². The summed E-state index contributed by atoms with van der Waals surface area (Å²) in [5, 5.41) is 15.8. The summed E-state index contributed by atoms with van der Waals surface area (Å²) in [4.78, 5) is 15.6. The van der Waals surface area contributed by atoms with E-state index < -0.39 is 5.82 Å². The number of halogens is 1. The van der Waals surface area contributed by atoms with E-state index in [2.05, 4.69) is 31.1 Å². The average Bonchev–Trinajstić information content (AvgIpc) is 3.15. The zero-order valence-electron chi connectivity index (χ0n) is 17.2. The van der Waals surface area contributed by atoms with Crippen molar-refractivity contribution in [2.45, 2.75) is 24.9 Å². The molecule has 2 unspecified atom stereocenters. The zero-order chi connectivity index (χ0) is 21.8. The van der Waals surface area contributed by atoms with Crippen LogP contribution in [-0.2, 0) is 0 Å². The summed E-state index contributed by atoms with van der Waals surface area (Å²) in [5.74, 6) is 2.64. The van der Waals surface area contributed by atoms with Crippen LogP contribution in [0.15, 0.2) is 42.7 Å².